The third-order valence-electron chi connectivity index (χ3n) is 2.27. The number of Topliss-reactive ketones (excluding diaryl/α,β-unsaturated/α-hetero) is 1. The van der Waals surface area contributed by atoms with Gasteiger partial charge in [-0.1, -0.05) is 26.6 Å². The lowest BCUT2D eigenvalue weighted by Gasteiger charge is -2.17. The van der Waals surface area contributed by atoms with Crippen LogP contribution in [0.15, 0.2) is 11.1 Å². The van der Waals surface area contributed by atoms with Crippen molar-refractivity contribution in [2.24, 2.45) is 0 Å². The Kier molecular flexibility index (Phi) is 5.97. The third-order valence-corrected chi connectivity index (χ3v) is 3.51. The molecule has 0 fully saturated rings. The van der Waals surface area contributed by atoms with Crippen LogP contribution in [-0.2, 0) is 14.4 Å². The fraction of sp³-hybridized carbons (Fsp3) is 0.583. The van der Waals surface area contributed by atoms with Crippen molar-refractivity contribution in [2.75, 3.05) is 6.17 Å². The molecule has 0 aromatic carbocycles. The minimum atomic E-state index is -1.49. The van der Waals surface area contributed by atoms with Crippen molar-refractivity contribution in [3.63, 3.8) is 0 Å². The lowest BCUT2D eigenvalue weighted by Crippen LogP contribution is -2.41. The highest BCUT2D eigenvalue weighted by atomic mass is 28.3. The molecule has 102 valence electrons. The van der Waals surface area contributed by atoms with Crippen LogP contribution in [0.4, 0.5) is 0 Å². The second-order valence-electron chi connectivity index (χ2n) is 5.31. The first-order valence-corrected chi connectivity index (χ1v) is 9.56. The number of carbonyl (C=O) groups is 3. The highest BCUT2D eigenvalue weighted by Gasteiger charge is 2.24. The molecule has 0 bridgehead atoms. The number of hydrogen-bond acceptors (Lipinski definition) is 3. The Labute approximate surface area is 108 Å². The van der Waals surface area contributed by atoms with Gasteiger partial charge in [-0.05, 0) is 13.3 Å². The van der Waals surface area contributed by atoms with E-state index in [-0.39, 0.29) is 17.6 Å². The summed E-state index contributed by atoms with van der Waals surface area (Å²) in [6.07, 6.45) is 0.657. The largest absolute Gasteiger partial charge is 0.478 e. The van der Waals surface area contributed by atoms with Gasteiger partial charge in [-0.3, -0.25) is 9.59 Å². The number of ketones is 1. The molecule has 0 aliphatic rings. The molecule has 18 heavy (non-hydrogen) atoms. The standard InChI is InChI=1S/C12H21NO4Si/c1-6-9(12(16)17)10(8(2)14)11(15)13-7-18(3,4)5/h6-7H2,1-5H3,(H,13,15)(H,16,17). The Balaban J connectivity index is 5.20. The van der Waals surface area contributed by atoms with Crippen molar-refractivity contribution in [2.45, 2.75) is 39.9 Å². The van der Waals surface area contributed by atoms with Gasteiger partial charge in [0.05, 0.1) is 19.2 Å². The quantitative estimate of drug-likeness (QED) is 0.331. The van der Waals surface area contributed by atoms with Gasteiger partial charge >= 0.3 is 5.97 Å². The number of carboxylic acids is 1. The van der Waals surface area contributed by atoms with E-state index in [2.05, 4.69) is 25.0 Å². The van der Waals surface area contributed by atoms with Gasteiger partial charge in [0.2, 0.25) is 0 Å². The molecule has 5 nitrogen and oxygen atoms in total. The molecule has 0 atom stereocenters. The molecule has 0 heterocycles. The van der Waals surface area contributed by atoms with Crippen LogP contribution in [0, 0.1) is 0 Å². The fourth-order valence-electron chi connectivity index (χ4n) is 1.38. The highest BCUT2D eigenvalue weighted by molar-refractivity contribution is 6.76. The topological polar surface area (TPSA) is 83.5 Å². The summed E-state index contributed by atoms with van der Waals surface area (Å²) in [5.74, 6) is -2.31. The smallest absolute Gasteiger partial charge is 0.332 e. The maximum atomic E-state index is 11.9. The molecular weight excluding hydrogens is 250 g/mol. The van der Waals surface area contributed by atoms with E-state index in [0.717, 1.165) is 0 Å². The van der Waals surface area contributed by atoms with Crippen molar-refractivity contribution < 1.29 is 19.5 Å². The Morgan fingerprint density at radius 3 is 1.94 bits per heavy atom. The molecule has 0 saturated carbocycles. The second kappa shape index (κ2) is 6.49. The molecule has 0 aliphatic carbocycles. The van der Waals surface area contributed by atoms with Gasteiger partial charge < -0.3 is 10.4 Å². The summed E-state index contributed by atoms with van der Waals surface area (Å²) in [7, 11) is -1.49. The summed E-state index contributed by atoms with van der Waals surface area (Å²) in [5, 5.41) is 11.6. The van der Waals surface area contributed by atoms with Gasteiger partial charge in [0, 0.05) is 6.17 Å². The number of aliphatic carboxylic acids is 1. The molecule has 0 unspecified atom stereocenters. The second-order valence-corrected chi connectivity index (χ2v) is 10.8. The first-order valence-electron chi connectivity index (χ1n) is 5.85. The van der Waals surface area contributed by atoms with Crippen LogP contribution in [0.1, 0.15) is 20.3 Å². The molecule has 2 N–H and O–H groups in total. The van der Waals surface area contributed by atoms with E-state index in [9.17, 15) is 14.4 Å². The van der Waals surface area contributed by atoms with Crippen LogP contribution >= 0.6 is 0 Å². The monoisotopic (exact) mass is 271 g/mol. The van der Waals surface area contributed by atoms with Gasteiger partial charge in [0.15, 0.2) is 5.78 Å². The summed E-state index contributed by atoms with van der Waals surface area (Å²) in [5.41, 5.74) is -0.362. The summed E-state index contributed by atoms with van der Waals surface area (Å²) in [6, 6.07) is 0. The fourth-order valence-corrected chi connectivity index (χ4v) is 2.07. The molecular formula is C12H21NO4Si. The summed E-state index contributed by atoms with van der Waals surface area (Å²) in [4.78, 5) is 34.3. The van der Waals surface area contributed by atoms with E-state index in [1.807, 2.05) is 0 Å². The van der Waals surface area contributed by atoms with E-state index in [0.29, 0.717) is 6.17 Å². The highest BCUT2D eigenvalue weighted by Crippen LogP contribution is 2.11. The number of amides is 1. The lowest BCUT2D eigenvalue weighted by atomic mass is 10.0. The number of nitrogens with one attached hydrogen (secondary N) is 1. The molecule has 6 heteroatoms. The minimum absolute atomic E-state index is 0.129. The molecule has 0 aliphatic heterocycles. The van der Waals surface area contributed by atoms with Crippen LogP contribution in [0.25, 0.3) is 0 Å². The molecule has 1 amide bonds. The van der Waals surface area contributed by atoms with Crippen LogP contribution in [0.2, 0.25) is 19.6 Å². The van der Waals surface area contributed by atoms with E-state index in [1.54, 1.807) is 6.92 Å². The van der Waals surface area contributed by atoms with E-state index in [4.69, 9.17) is 5.11 Å². The Bertz CT molecular complexity index is 393. The number of rotatable bonds is 6. The van der Waals surface area contributed by atoms with Crippen LogP contribution in [-0.4, -0.2) is 37.0 Å². The van der Waals surface area contributed by atoms with Gasteiger partial charge in [0.25, 0.3) is 5.91 Å². The van der Waals surface area contributed by atoms with Crippen molar-refractivity contribution in [1.29, 1.82) is 0 Å². The van der Waals surface area contributed by atoms with Gasteiger partial charge in [-0.15, -0.1) is 0 Å². The zero-order chi connectivity index (χ0) is 14.5. The zero-order valence-corrected chi connectivity index (χ0v) is 12.6. The summed E-state index contributed by atoms with van der Waals surface area (Å²) >= 11 is 0. The van der Waals surface area contributed by atoms with Gasteiger partial charge in [-0.25, -0.2) is 4.79 Å². The van der Waals surface area contributed by atoms with Crippen LogP contribution in [0.5, 0.6) is 0 Å². The van der Waals surface area contributed by atoms with E-state index >= 15 is 0 Å². The van der Waals surface area contributed by atoms with E-state index in [1.165, 1.54) is 6.92 Å². The Morgan fingerprint density at radius 1 is 1.17 bits per heavy atom. The van der Waals surface area contributed by atoms with Gasteiger partial charge in [0.1, 0.15) is 0 Å². The average molecular weight is 271 g/mol. The number of hydrogen-bond donors (Lipinski definition) is 2. The molecule has 0 radical (unpaired) electrons. The number of carbonyl (C=O) groups excluding carboxylic acids is 2. The van der Waals surface area contributed by atoms with Crippen LogP contribution < -0.4 is 5.32 Å². The van der Waals surface area contributed by atoms with Gasteiger partial charge in [-0.2, -0.15) is 0 Å². The Hall–Kier alpha value is -1.43. The Morgan fingerprint density at radius 2 is 1.67 bits per heavy atom. The minimum Gasteiger partial charge on any atom is -0.478 e. The lowest BCUT2D eigenvalue weighted by molar-refractivity contribution is -0.134. The number of carboxylic acid groups (broad SMARTS) is 1. The SMILES string of the molecule is CCC(C(=O)O)=C(C(C)=O)C(=O)NC[Si](C)(C)C. The van der Waals surface area contributed by atoms with Crippen molar-refractivity contribution in [3.05, 3.63) is 11.1 Å². The predicted molar refractivity (Wildman–Crippen MR) is 72.0 cm³/mol. The van der Waals surface area contributed by atoms with E-state index < -0.39 is 25.7 Å². The van der Waals surface area contributed by atoms with Crippen molar-refractivity contribution in [1.82, 2.24) is 5.32 Å². The summed E-state index contributed by atoms with van der Waals surface area (Å²) in [6.45, 7) is 9.04. The third kappa shape index (κ3) is 5.26. The van der Waals surface area contributed by atoms with Crippen LogP contribution in [0.3, 0.4) is 0 Å². The first-order chi connectivity index (χ1) is 8.10. The first kappa shape index (κ1) is 16.6. The molecule has 0 aromatic heterocycles. The zero-order valence-electron chi connectivity index (χ0n) is 11.6. The normalized spacial score (nSPS) is 12.7. The summed E-state index contributed by atoms with van der Waals surface area (Å²) < 4.78 is 0. The molecule has 0 spiro atoms. The molecule has 0 aromatic rings. The maximum absolute atomic E-state index is 11.9. The average Bonchev–Trinajstić information content (AvgIpc) is 2.20. The predicted octanol–water partition coefficient (Wildman–Crippen LogP) is 1.36. The maximum Gasteiger partial charge on any atom is 0.332 e. The van der Waals surface area contributed by atoms with Crippen molar-refractivity contribution in [3.8, 4) is 0 Å². The molecule has 0 rings (SSSR count). The van der Waals surface area contributed by atoms with Crippen molar-refractivity contribution >= 4 is 25.7 Å². The molecule has 0 saturated heterocycles.